The van der Waals surface area contributed by atoms with E-state index < -0.39 is 0 Å². The molecular formula is C24H26N4O3. The van der Waals surface area contributed by atoms with E-state index in [-0.39, 0.29) is 17.5 Å². The normalized spacial score (nSPS) is 19.2. The lowest BCUT2D eigenvalue weighted by Crippen LogP contribution is -2.34. The quantitative estimate of drug-likeness (QED) is 0.540. The molecule has 1 aliphatic heterocycles. The number of ether oxygens (including phenoxy) is 2. The monoisotopic (exact) mass is 418 g/mol. The predicted molar refractivity (Wildman–Crippen MR) is 121 cm³/mol. The number of methoxy groups -OCH3 is 1. The SMILES string of the molecule is COc1nc(C)cc(C)c1-c1ccc2c3[nH]ncc3c(=O)n(C3CCOCC3C)c2c1. The van der Waals surface area contributed by atoms with Gasteiger partial charge in [-0.1, -0.05) is 19.1 Å². The first-order chi connectivity index (χ1) is 15.0. The molecule has 0 amide bonds. The van der Waals surface area contributed by atoms with Crippen LogP contribution in [0, 0.1) is 19.8 Å². The minimum Gasteiger partial charge on any atom is -0.481 e. The Morgan fingerprint density at radius 3 is 2.84 bits per heavy atom. The molecule has 0 aliphatic carbocycles. The molecule has 0 bridgehead atoms. The molecule has 160 valence electrons. The van der Waals surface area contributed by atoms with Crippen LogP contribution in [-0.2, 0) is 4.74 Å². The fourth-order valence-electron chi connectivity index (χ4n) is 4.87. The zero-order valence-corrected chi connectivity index (χ0v) is 18.2. The van der Waals surface area contributed by atoms with Gasteiger partial charge in [-0.05, 0) is 43.5 Å². The summed E-state index contributed by atoms with van der Waals surface area (Å²) in [7, 11) is 1.64. The average Bonchev–Trinajstić information content (AvgIpc) is 3.25. The van der Waals surface area contributed by atoms with E-state index in [1.807, 2.05) is 17.6 Å². The molecule has 7 heteroatoms. The van der Waals surface area contributed by atoms with Crippen LogP contribution in [0.1, 0.15) is 30.6 Å². The Hall–Kier alpha value is -3.19. The molecule has 5 rings (SSSR count). The molecule has 4 heterocycles. The lowest BCUT2D eigenvalue weighted by atomic mass is 9.95. The largest absolute Gasteiger partial charge is 0.481 e. The molecule has 2 atom stereocenters. The third-order valence-corrected chi connectivity index (χ3v) is 6.34. The molecule has 31 heavy (non-hydrogen) atoms. The highest BCUT2D eigenvalue weighted by Crippen LogP contribution is 2.36. The third kappa shape index (κ3) is 3.11. The van der Waals surface area contributed by atoms with E-state index in [4.69, 9.17) is 9.47 Å². The van der Waals surface area contributed by atoms with Crippen molar-refractivity contribution in [3.8, 4) is 17.0 Å². The van der Waals surface area contributed by atoms with Gasteiger partial charge < -0.3 is 14.0 Å². The van der Waals surface area contributed by atoms with Crippen molar-refractivity contribution in [3.63, 3.8) is 0 Å². The summed E-state index contributed by atoms with van der Waals surface area (Å²) in [4.78, 5) is 18.1. The summed E-state index contributed by atoms with van der Waals surface area (Å²) in [6.07, 6.45) is 2.43. The van der Waals surface area contributed by atoms with Crippen LogP contribution >= 0.6 is 0 Å². The van der Waals surface area contributed by atoms with Gasteiger partial charge in [-0.25, -0.2) is 4.98 Å². The summed E-state index contributed by atoms with van der Waals surface area (Å²) in [5, 5.41) is 8.77. The van der Waals surface area contributed by atoms with Gasteiger partial charge in [0.1, 0.15) is 0 Å². The van der Waals surface area contributed by atoms with Crippen LogP contribution in [0.3, 0.4) is 0 Å². The first kappa shape index (κ1) is 19.8. The number of hydrogen-bond acceptors (Lipinski definition) is 5. The number of pyridine rings is 2. The number of hydrogen-bond donors (Lipinski definition) is 1. The fraction of sp³-hybridized carbons (Fsp3) is 0.375. The Morgan fingerprint density at radius 1 is 1.23 bits per heavy atom. The summed E-state index contributed by atoms with van der Waals surface area (Å²) in [5.41, 5.74) is 5.55. The van der Waals surface area contributed by atoms with Crippen molar-refractivity contribution in [1.29, 1.82) is 0 Å². The van der Waals surface area contributed by atoms with E-state index in [1.165, 1.54) is 0 Å². The summed E-state index contributed by atoms with van der Waals surface area (Å²) < 4.78 is 13.2. The van der Waals surface area contributed by atoms with E-state index in [2.05, 4.69) is 47.2 Å². The number of nitrogens with one attached hydrogen (secondary N) is 1. The maximum atomic E-state index is 13.6. The Morgan fingerprint density at radius 2 is 2.06 bits per heavy atom. The van der Waals surface area contributed by atoms with Crippen LogP contribution in [0.25, 0.3) is 32.9 Å². The van der Waals surface area contributed by atoms with Crippen LogP contribution in [0.2, 0.25) is 0 Å². The number of aromatic amines is 1. The van der Waals surface area contributed by atoms with Gasteiger partial charge in [0.25, 0.3) is 5.56 Å². The molecule has 0 radical (unpaired) electrons. The highest BCUT2D eigenvalue weighted by molar-refractivity contribution is 6.04. The molecule has 7 nitrogen and oxygen atoms in total. The van der Waals surface area contributed by atoms with Crippen molar-refractivity contribution in [3.05, 3.63) is 52.1 Å². The maximum Gasteiger partial charge on any atom is 0.262 e. The average molecular weight is 418 g/mol. The number of fused-ring (bicyclic) bond motifs is 3. The smallest absolute Gasteiger partial charge is 0.262 e. The number of nitrogens with zero attached hydrogens (tertiary/aromatic N) is 3. The van der Waals surface area contributed by atoms with Crippen LogP contribution in [0.5, 0.6) is 5.88 Å². The van der Waals surface area contributed by atoms with Gasteiger partial charge in [-0.3, -0.25) is 9.89 Å². The van der Waals surface area contributed by atoms with Gasteiger partial charge in [0.15, 0.2) is 0 Å². The Balaban J connectivity index is 1.84. The zero-order valence-electron chi connectivity index (χ0n) is 18.2. The number of rotatable bonds is 3. The maximum absolute atomic E-state index is 13.6. The molecule has 2 unspecified atom stereocenters. The molecular weight excluding hydrogens is 392 g/mol. The number of aryl methyl sites for hydroxylation is 2. The van der Waals surface area contributed by atoms with Gasteiger partial charge in [-0.2, -0.15) is 5.10 Å². The number of H-pyrrole nitrogens is 1. The second-order valence-corrected chi connectivity index (χ2v) is 8.44. The number of aromatic nitrogens is 4. The van der Waals surface area contributed by atoms with Crippen LogP contribution in [-0.4, -0.2) is 40.1 Å². The predicted octanol–water partition coefficient (Wildman–Crippen LogP) is 4.16. The second kappa shape index (κ2) is 7.50. The van der Waals surface area contributed by atoms with Gasteiger partial charge in [-0.15, -0.1) is 0 Å². The van der Waals surface area contributed by atoms with Crippen molar-refractivity contribution in [1.82, 2.24) is 19.7 Å². The van der Waals surface area contributed by atoms with Gasteiger partial charge in [0, 0.05) is 35.2 Å². The third-order valence-electron chi connectivity index (χ3n) is 6.34. The Bertz CT molecular complexity index is 1350. The summed E-state index contributed by atoms with van der Waals surface area (Å²) >= 11 is 0. The van der Waals surface area contributed by atoms with E-state index in [9.17, 15) is 4.79 Å². The highest BCUT2D eigenvalue weighted by Gasteiger charge is 2.27. The molecule has 1 N–H and O–H groups in total. The molecule has 4 aromatic rings. The van der Waals surface area contributed by atoms with Crippen molar-refractivity contribution < 1.29 is 9.47 Å². The van der Waals surface area contributed by atoms with Crippen molar-refractivity contribution >= 4 is 21.8 Å². The van der Waals surface area contributed by atoms with E-state index in [0.29, 0.717) is 24.5 Å². The molecule has 0 spiro atoms. The van der Waals surface area contributed by atoms with Crippen LogP contribution in [0.4, 0.5) is 0 Å². The highest BCUT2D eigenvalue weighted by atomic mass is 16.5. The lowest BCUT2D eigenvalue weighted by molar-refractivity contribution is 0.0291. The first-order valence-electron chi connectivity index (χ1n) is 10.6. The van der Waals surface area contributed by atoms with Crippen LogP contribution < -0.4 is 10.3 Å². The summed E-state index contributed by atoms with van der Waals surface area (Å²) in [6.45, 7) is 7.46. The fourth-order valence-corrected chi connectivity index (χ4v) is 4.87. The van der Waals surface area contributed by atoms with Gasteiger partial charge in [0.05, 0.1) is 36.3 Å². The molecule has 1 saturated heterocycles. The standard InChI is InChI=1S/C24H26N4O3/c1-13-9-15(3)26-23(30-4)21(13)16-5-6-17-20(10-16)28(19-7-8-31-12-14(19)2)24(29)18-11-25-27-22(17)18/h5-6,9-11,14,19H,7-8,12H2,1-4H3,(H,25,27). The molecule has 3 aromatic heterocycles. The molecule has 1 aromatic carbocycles. The number of benzene rings is 1. The first-order valence-corrected chi connectivity index (χ1v) is 10.6. The van der Waals surface area contributed by atoms with Crippen LogP contribution in [0.15, 0.2) is 35.3 Å². The Kier molecular flexibility index (Phi) is 4.78. The second-order valence-electron chi connectivity index (χ2n) is 8.44. The minimum atomic E-state index is -0.0159. The van der Waals surface area contributed by atoms with Crippen molar-refractivity contribution in [2.24, 2.45) is 5.92 Å². The summed E-state index contributed by atoms with van der Waals surface area (Å²) in [5.74, 6) is 0.827. The molecule has 1 fully saturated rings. The van der Waals surface area contributed by atoms with Crippen molar-refractivity contribution in [2.75, 3.05) is 20.3 Å². The van der Waals surface area contributed by atoms with E-state index in [1.54, 1.807) is 13.3 Å². The van der Waals surface area contributed by atoms with E-state index >= 15 is 0 Å². The van der Waals surface area contributed by atoms with Crippen molar-refractivity contribution in [2.45, 2.75) is 33.2 Å². The lowest BCUT2D eigenvalue weighted by Gasteiger charge is -2.31. The van der Waals surface area contributed by atoms with Gasteiger partial charge >= 0.3 is 0 Å². The molecule has 0 saturated carbocycles. The Labute approximate surface area is 180 Å². The molecule has 1 aliphatic rings. The zero-order chi connectivity index (χ0) is 21.7. The van der Waals surface area contributed by atoms with E-state index in [0.717, 1.165) is 45.2 Å². The topological polar surface area (TPSA) is 82.0 Å². The minimum absolute atomic E-state index is 0.0159. The summed E-state index contributed by atoms with van der Waals surface area (Å²) in [6, 6.07) is 8.32. The van der Waals surface area contributed by atoms with Gasteiger partial charge in [0.2, 0.25) is 5.88 Å².